The van der Waals surface area contributed by atoms with Crippen molar-refractivity contribution in [3.8, 4) is 0 Å². The van der Waals surface area contributed by atoms with Gasteiger partial charge in [-0.15, -0.1) is 0 Å². The summed E-state index contributed by atoms with van der Waals surface area (Å²) >= 11 is 0. The molecule has 0 amide bonds. The number of rotatable bonds is 5. The minimum absolute atomic E-state index is 0.0679. The Bertz CT molecular complexity index is 267. The second-order valence-corrected chi connectivity index (χ2v) is 6.47. The van der Waals surface area contributed by atoms with Crippen molar-refractivity contribution < 1.29 is 9.84 Å². The lowest BCUT2D eigenvalue weighted by Gasteiger charge is -2.37. The Morgan fingerprint density at radius 1 is 1.22 bits per heavy atom. The summed E-state index contributed by atoms with van der Waals surface area (Å²) in [6.45, 7) is 6.17. The molecule has 3 fully saturated rings. The molecule has 4 heteroatoms. The smallest absolute Gasteiger partial charge is 0.0564 e. The molecular weight excluding hydrogens is 228 g/mol. The molecule has 2 heterocycles. The number of piperidine rings is 1. The summed E-state index contributed by atoms with van der Waals surface area (Å²) in [5.41, 5.74) is 0.324. The molecule has 104 valence electrons. The maximum atomic E-state index is 9.57. The number of aliphatic hydroxyl groups excluding tert-OH is 1. The zero-order chi connectivity index (χ0) is 12.4. The highest BCUT2D eigenvalue weighted by molar-refractivity contribution is 4.92. The number of likely N-dealkylation sites (tertiary alicyclic amines) is 1. The van der Waals surface area contributed by atoms with E-state index in [2.05, 4.69) is 10.2 Å². The van der Waals surface area contributed by atoms with Gasteiger partial charge in [0.1, 0.15) is 0 Å². The second kappa shape index (κ2) is 5.45. The molecule has 0 bridgehead atoms. The Hall–Kier alpha value is -0.160. The molecule has 2 aliphatic heterocycles. The average molecular weight is 254 g/mol. The Balaban J connectivity index is 1.52. The SMILES string of the molecule is OC1CCN(CC2(CNC3CC3)CCOC2)CC1. The van der Waals surface area contributed by atoms with Crippen LogP contribution >= 0.6 is 0 Å². The van der Waals surface area contributed by atoms with E-state index in [1.165, 1.54) is 19.3 Å². The van der Waals surface area contributed by atoms with Gasteiger partial charge in [0.15, 0.2) is 0 Å². The first-order chi connectivity index (χ1) is 8.76. The van der Waals surface area contributed by atoms with Crippen LogP contribution in [0.5, 0.6) is 0 Å². The normalized spacial score (nSPS) is 35.2. The van der Waals surface area contributed by atoms with Gasteiger partial charge in [-0.2, -0.15) is 0 Å². The van der Waals surface area contributed by atoms with Gasteiger partial charge in [0.2, 0.25) is 0 Å². The number of nitrogens with zero attached hydrogens (tertiary/aromatic N) is 1. The van der Waals surface area contributed by atoms with Crippen molar-refractivity contribution in [3.05, 3.63) is 0 Å². The van der Waals surface area contributed by atoms with Gasteiger partial charge < -0.3 is 20.1 Å². The summed E-state index contributed by atoms with van der Waals surface area (Å²) in [7, 11) is 0. The third-order valence-corrected chi connectivity index (χ3v) is 4.64. The van der Waals surface area contributed by atoms with E-state index >= 15 is 0 Å². The molecule has 0 radical (unpaired) electrons. The molecular formula is C14H26N2O2. The van der Waals surface area contributed by atoms with Crippen molar-refractivity contribution in [1.29, 1.82) is 0 Å². The van der Waals surface area contributed by atoms with Crippen LogP contribution < -0.4 is 5.32 Å². The first-order valence-corrected chi connectivity index (χ1v) is 7.47. The molecule has 2 N–H and O–H groups in total. The first kappa shape index (κ1) is 12.9. The molecule has 18 heavy (non-hydrogen) atoms. The summed E-state index contributed by atoms with van der Waals surface area (Å²) in [5.74, 6) is 0. The van der Waals surface area contributed by atoms with Crippen molar-refractivity contribution in [2.24, 2.45) is 5.41 Å². The molecule has 3 rings (SSSR count). The van der Waals surface area contributed by atoms with Gasteiger partial charge in [-0.1, -0.05) is 0 Å². The van der Waals surface area contributed by atoms with Crippen LogP contribution in [0.3, 0.4) is 0 Å². The lowest BCUT2D eigenvalue weighted by molar-refractivity contribution is 0.0498. The molecule has 0 aromatic heterocycles. The van der Waals surface area contributed by atoms with Gasteiger partial charge in [-0.25, -0.2) is 0 Å². The van der Waals surface area contributed by atoms with Crippen molar-refractivity contribution >= 4 is 0 Å². The van der Waals surface area contributed by atoms with Crippen LogP contribution in [0, 0.1) is 5.41 Å². The van der Waals surface area contributed by atoms with Crippen LogP contribution in [0.2, 0.25) is 0 Å². The molecule has 2 saturated heterocycles. The van der Waals surface area contributed by atoms with E-state index in [1.807, 2.05) is 0 Å². The predicted octanol–water partition coefficient (Wildman–Crippen LogP) is 0.602. The molecule has 1 unspecified atom stereocenters. The van der Waals surface area contributed by atoms with Gasteiger partial charge in [0, 0.05) is 44.2 Å². The van der Waals surface area contributed by atoms with Crippen molar-refractivity contribution in [3.63, 3.8) is 0 Å². The largest absolute Gasteiger partial charge is 0.393 e. The predicted molar refractivity (Wildman–Crippen MR) is 70.6 cm³/mol. The fourth-order valence-corrected chi connectivity index (χ4v) is 3.17. The topological polar surface area (TPSA) is 44.7 Å². The van der Waals surface area contributed by atoms with Gasteiger partial charge in [0.25, 0.3) is 0 Å². The summed E-state index contributed by atoms with van der Waals surface area (Å²) in [6, 6.07) is 0.783. The lowest BCUT2D eigenvalue weighted by atomic mass is 9.85. The molecule has 1 saturated carbocycles. The van der Waals surface area contributed by atoms with Gasteiger partial charge in [-0.05, 0) is 32.1 Å². The Morgan fingerprint density at radius 3 is 2.61 bits per heavy atom. The maximum Gasteiger partial charge on any atom is 0.0564 e. The number of nitrogens with one attached hydrogen (secondary N) is 1. The molecule has 1 atom stereocenters. The molecule has 1 aliphatic carbocycles. The quantitative estimate of drug-likeness (QED) is 0.754. The molecule has 4 nitrogen and oxygen atoms in total. The second-order valence-electron chi connectivity index (χ2n) is 6.47. The monoisotopic (exact) mass is 254 g/mol. The van der Waals surface area contributed by atoms with E-state index < -0.39 is 0 Å². The van der Waals surface area contributed by atoms with Crippen molar-refractivity contribution in [2.75, 3.05) is 39.4 Å². The zero-order valence-corrected chi connectivity index (χ0v) is 11.2. The minimum atomic E-state index is -0.0679. The third-order valence-electron chi connectivity index (χ3n) is 4.64. The number of ether oxygens (including phenoxy) is 1. The van der Waals surface area contributed by atoms with Gasteiger partial charge >= 0.3 is 0 Å². The average Bonchev–Trinajstić information content (AvgIpc) is 3.10. The van der Waals surface area contributed by atoms with Crippen LogP contribution in [-0.2, 0) is 4.74 Å². The van der Waals surface area contributed by atoms with Crippen molar-refractivity contribution in [1.82, 2.24) is 10.2 Å². The molecule has 0 aromatic carbocycles. The minimum Gasteiger partial charge on any atom is -0.393 e. The number of aliphatic hydroxyl groups is 1. The number of hydrogen-bond donors (Lipinski definition) is 2. The van der Waals surface area contributed by atoms with Crippen LogP contribution in [-0.4, -0.2) is 61.5 Å². The van der Waals surface area contributed by atoms with E-state index in [9.17, 15) is 5.11 Å². The highest BCUT2D eigenvalue weighted by atomic mass is 16.5. The summed E-state index contributed by atoms with van der Waals surface area (Å²) in [4.78, 5) is 2.52. The summed E-state index contributed by atoms with van der Waals surface area (Å²) in [6.07, 6.45) is 5.70. The highest BCUT2D eigenvalue weighted by Gasteiger charge is 2.38. The lowest BCUT2D eigenvalue weighted by Crippen LogP contribution is -2.48. The van der Waals surface area contributed by atoms with E-state index in [0.717, 1.165) is 58.3 Å². The fourth-order valence-electron chi connectivity index (χ4n) is 3.17. The van der Waals surface area contributed by atoms with Gasteiger partial charge in [0.05, 0.1) is 12.7 Å². The zero-order valence-electron chi connectivity index (χ0n) is 11.2. The fraction of sp³-hybridized carbons (Fsp3) is 1.00. The summed E-state index contributed by atoms with van der Waals surface area (Å²) < 4.78 is 5.66. The summed E-state index contributed by atoms with van der Waals surface area (Å²) in [5, 5.41) is 13.3. The Labute approximate surface area is 110 Å². The van der Waals surface area contributed by atoms with E-state index in [4.69, 9.17) is 4.74 Å². The standard InChI is InChI=1S/C14H26N2O2/c17-13-3-6-16(7-4-13)10-14(5-8-18-11-14)9-15-12-1-2-12/h12-13,15,17H,1-11H2. The van der Waals surface area contributed by atoms with E-state index in [1.54, 1.807) is 0 Å². The van der Waals surface area contributed by atoms with Crippen LogP contribution in [0.1, 0.15) is 32.1 Å². The van der Waals surface area contributed by atoms with Crippen LogP contribution in [0.15, 0.2) is 0 Å². The van der Waals surface area contributed by atoms with Crippen LogP contribution in [0.4, 0.5) is 0 Å². The van der Waals surface area contributed by atoms with Gasteiger partial charge in [-0.3, -0.25) is 0 Å². The molecule has 3 aliphatic rings. The van der Waals surface area contributed by atoms with Crippen LogP contribution in [0.25, 0.3) is 0 Å². The van der Waals surface area contributed by atoms with E-state index in [0.29, 0.717) is 5.41 Å². The Kier molecular flexibility index (Phi) is 3.89. The Morgan fingerprint density at radius 2 is 2.00 bits per heavy atom. The van der Waals surface area contributed by atoms with Crippen molar-refractivity contribution in [2.45, 2.75) is 44.2 Å². The molecule has 0 spiro atoms. The third kappa shape index (κ3) is 3.23. The van der Waals surface area contributed by atoms with E-state index in [-0.39, 0.29) is 6.10 Å². The maximum absolute atomic E-state index is 9.57. The molecule has 0 aromatic rings. The highest BCUT2D eigenvalue weighted by Crippen LogP contribution is 2.31. The number of hydrogen-bond acceptors (Lipinski definition) is 4. The first-order valence-electron chi connectivity index (χ1n) is 7.47.